The fourth-order valence-corrected chi connectivity index (χ4v) is 2.94. The number of aromatic carboxylic acids is 1. The van der Waals surface area contributed by atoms with E-state index in [1.165, 1.54) is 10.8 Å². The molecule has 0 bridgehead atoms. The number of rotatable bonds is 5. The van der Waals surface area contributed by atoms with E-state index >= 15 is 0 Å². The highest BCUT2D eigenvalue weighted by Gasteiger charge is 2.22. The average molecular weight is 392 g/mol. The van der Waals surface area contributed by atoms with Gasteiger partial charge in [-0.3, -0.25) is 9.55 Å². The Hall–Kier alpha value is -2.57. The van der Waals surface area contributed by atoms with E-state index in [-0.39, 0.29) is 18.2 Å². The monoisotopic (exact) mass is 391 g/mol. The van der Waals surface area contributed by atoms with Crippen LogP contribution in [0.1, 0.15) is 27.3 Å². The number of halogens is 2. The van der Waals surface area contributed by atoms with E-state index in [1.807, 2.05) is 6.92 Å². The lowest BCUT2D eigenvalue weighted by Gasteiger charge is -2.12. The minimum absolute atomic E-state index is 0.0247. The number of benzene rings is 1. The predicted octanol–water partition coefficient (Wildman–Crippen LogP) is 4.74. The molecule has 6 nitrogen and oxygen atoms in total. The summed E-state index contributed by atoms with van der Waals surface area (Å²) in [6.45, 7) is 3.64. The van der Waals surface area contributed by atoms with Gasteiger partial charge < -0.3 is 9.84 Å². The molecule has 0 aliphatic heterocycles. The van der Waals surface area contributed by atoms with E-state index in [0.29, 0.717) is 27.1 Å². The van der Waals surface area contributed by atoms with Gasteiger partial charge in [0.15, 0.2) is 5.69 Å². The van der Waals surface area contributed by atoms with Gasteiger partial charge in [0.05, 0.1) is 18.4 Å². The van der Waals surface area contributed by atoms with Crippen LogP contribution in [0.4, 0.5) is 0 Å². The molecule has 0 fully saturated rings. The van der Waals surface area contributed by atoms with Gasteiger partial charge in [0.2, 0.25) is 0 Å². The van der Waals surface area contributed by atoms with Crippen molar-refractivity contribution in [1.29, 1.82) is 0 Å². The minimum Gasteiger partial charge on any atom is -0.477 e. The lowest BCUT2D eigenvalue weighted by atomic mass is 10.2. The number of hydrogen-bond acceptors (Lipinski definition) is 4. The van der Waals surface area contributed by atoms with Gasteiger partial charge in [-0.15, -0.1) is 0 Å². The van der Waals surface area contributed by atoms with Crippen molar-refractivity contribution in [1.82, 2.24) is 14.5 Å². The van der Waals surface area contributed by atoms with Crippen LogP contribution in [0.15, 0.2) is 36.7 Å². The minimum atomic E-state index is -1.11. The van der Waals surface area contributed by atoms with Crippen LogP contribution in [0.5, 0.6) is 11.8 Å². The largest absolute Gasteiger partial charge is 0.477 e. The molecule has 0 saturated heterocycles. The van der Waals surface area contributed by atoms with Crippen LogP contribution in [-0.4, -0.2) is 25.6 Å². The predicted molar refractivity (Wildman–Crippen MR) is 98.5 cm³/mol. The first-order valence-electron chi connectivity index (χ1n) is 7.69. The average Bonchev–Trinajstić information content (AvgIpc) is 2.86. The molecule has 0 amide bonds. The first kappa shape index (κ1) is 18.2. The van der Waals surface area contributed by atoms with Crippen molar-refractivity contribution in [3.05, 3.63) is 69.2 Å². The van der Waals surface area contributed by atoms with Crippen molar-refractivity contribution < 1.29 is 14.6 Å². The smallest absolute Gasteiger partial charge is 0.354 e. The Kier molecular flexibility index (Phi) is 5.15. The molecule has 2 aromatic heterocycles. The zero-order valence-corrected chi connectivity index (χ0v) is 15.5. The summed E-state index contributed by atoms with van der Waals surface area (Å²) in [5.74, 6) is -0.643. The molecule has 26 heavy (non-hydrogen) atoms. The second kappa shape index (κ2) is 7.35. The van der Waals surface area contributed by atoms with Crippen LogP contribution in [0.25, 0.3) is 0 Å². The molecule has 0 unspecified atom stereocenters. The Morgan fingerprint density at radius 3 is 2.69 bits per heavy atom. The van der Waals surface area contributed by atoms with Gasteiger partial charge in [-0.1, -0.05) is 23.2 Å². The van der Waals surface area contributed by atoms with Crippen molar-refractivity contribution >= 4 is 29.2 Å². The number of pyridine rings is 1. The van der Waals surface area contributed by atoms with Crippen LogP contribution < -0.4 is 4.74 Å². The summed E-state index contributed by atoms with van der Waals surface area (Å²) >= 11 is 12.3. The van der Waals surface area contributed by atoms with Gasteiger partial charge in [0, 0.05) is 16.2 Å². The SMILES string of the molecule is Cc1cncc(Oc2nc(C)c(C(=O)O)n2Cc2cc(Cl)ccc2Cl)c1. The Morgan fingerprint density at radius 1 is 1.23 bits per heavy atom. The fourth-order valence-electron chi connectivity index (χ4n) is 2.57. The molecule has 0 aliphatic rings. The molecule has 0 atom stereocenters. The summed E-state index contributed by atoms with van der Waals surface area (Å²) in [6.07, 6.45) is 3.23. The molecule has 3 rings (SSSR count). The van der Waals surface area contributed by atoms with Crippen LogP contribution >= 0.6 is 23.2 Å². The van der Waals surface area contributed by atoms with E-state index in [1.54, 1.807) is 37.4 Å². The van der Waals surface area contributed by atoms with Crippen molar-refractivity contribution in [2.45, 2.75) is 20.4 Å². The maximum absolute atomic E-state index is 11.7. The molecule has 0 spiro atoms. The Bertz CT molecular complexity index is 986. The number of aryl methyl sites for hydroxylation is 2. The maximum Gasteiger partial charge on any atom is 0.354 e. The van der Waals surface area contributed by atoms with Gasteiger partial charge in [0.1, 0.15) is 5.75 Å². The summed E-state index contributed by atoms with van der Waals surface area (Å²) < 4.78 is 7.25. The summed E-state index contributed by atoms with van der Waals surface area (Å²) in [6, 6.07) is 6.94. The zero-order chi connectivity index (χ0) is 18.8. The number of nitrogens with zero attached hydrogens (tertiary/aromatic N) is 3. The van der Waals surface area contributed by atoms with E-state index in [9.17, 15) is 9.90 Å². The maximum atomic E-state index is 11.7. The van der Waals surface area contributed by atoms with E-state index in [2.05, 4.69) is 9.97 Å². The van der Waals surface area contributed by atoms with Crippen molar-refractivity contribution in [3.63, 3.8) is 0 Å². The molecule has 0 aliphatic carbocycles. The van der Waals surface area contributed by atoms with Gasteiger partial charge in [0.25, 0.3) is 0 Å². The first-order chi connectivity index (χ1) is 12.3. The van der Waals surface area contributed by atoms with Crippen LogP contribution in [0.3, 0.4) is 0 Å². The number of carboxylic acid groups (broad SMARTS) is 1. The van der Waals surface area contributed by atoms with Crippen molar-refractivity contribution in [3.8, 4) is 11.8 Å². The topological polar surface area (TPSA) is 77.2 Å². The van der Waals surface area contributed by atoms with Crippen molar-refractivity contribution in [2.75, 3.05) is 0 Å². The van der Waals surface area contributed by atoms with Gasteiger partial charge in [-0.2, -0.15) is 4.98 Å². The molecule has 2 heterocycles. The highest BCUT2D eigenvalue weighted by atomic mass is 35.5. The number of hydrogen-bond donors (Lipinski definition) is 1. The summed E-state index contributed by atoms with van der Waals surface area (Å²) in [5, 5.41) is 10.6. The van der Waals surface area contributed by atoms with Crippen molar-refractivity contribution in [2.24, 2.45) is 0 Å². The van der Waals surface area contributed by atoms with Gasteiger partial charge in [-0.25, -0.2) is 4.79 Å². The fraction of sp³-hybridized carbons (Fsp3) is 0.167. The standard InChI is InChI=1S/C18H15Cl2N3O3/c1-10-5-14(8-21-7-10)26-18-22-11(2)16(17(24)25)23(18)9-12-6-13(19)3-4-15(12)20/h3-8H,9H2,1-2H3,(H,24,25). The molecule has 8 heteroatoms. The van der Waals surface area contributed by atoms with E-state index < -0.39 is 5.97 Å². The molecule has 3 aromatic rings. The molecule has 134 valence electrons. The number of carbonyl (C=O) groups is 1. The van der Waals surface area contributed by atoms with Gasteiger partial charge in [-0.05, 0) is 49.2 Å². The van der Waals surface area contributed by atoms with Crippen LogP contribution in [0.2, 0.25) is 10.0 Å². The number of imidazole rings is 1. The second-order valence-corrected chi connectivity index (χ2v) is 6.60. The molecule has 1 N–H and O–H groups in total. The van der Waals surface area contributed by atoms with Crippen LogP contribution in [0, 0.1) is 13.8 Å². The third-order valence-electron chi connectivity index (χ3n) is 3.70. The third-order valence-corrected chi connectivity index (χ3v) is 4.31. The summed E-state index contributed by atoms with van der Waals surface area (Å²) in [7, 11) is 0. The van der Waals surface area contributed by atoms with E-state index in [4.69, 9.17) is 27.9 Å². The molecule has 0 radical (unpaired) electrons. The molecule has 1 aromatic carbocycles. The highest BCUT2D eigenvalue weighted by molar-refractivity contribution is 6.33. The first-order valence-corrected chi connectivity index (χ1v) is 8.44. The normalized spacial score (nSPS) is 10.8. The lowest BCUT2D eigenvalue weighted by Crippen LogP contribution is -2.12. The van der Waals surface area contributed by atoms with E-state index in [0.717, 1.165) is 5.56 Å². The number of carboxylic acids is 1. The van der Waals surface area contributed by atoms with Gasteiger partial charge >= 0.3 is 12.0 Å². The number of ether oxygens (including phenoxy) is 1. The molecule has 0 saturated carbocycles. The Morgan fingerprint density at radius 2 is 2.00 bits per heavy atom. The molecular formula is C18H15Cl2N3O3. The Balaban J connectivity index is 2.06. The Labute approximate surface area is 160 Å². The quantitative estimate of drug-likeness (QED) is 0.679. The van der Waals surface area contributed by atoms with Crippen LogP contribution in [-0.2, 0) is 6.54 Å². The second-order valence-electron chi connectivity index (χ2n) is 5.76. The summed E-state index contributed by atoms with van der Waals surface area (Å²) in [4.78, 5) is 20.0. The summed E-state index contributed by atoms with van der Waals surface area (Å²) in [5.41, 5.74) is 1.93. The molecular weight excluding hydrogens is 377 g/mol. The lowest BCUT2D eigenvalue weighted by molar-refractivity contribution is 0.0683. The highest BCUT2D eigenvalue weighted by Crippen LogP contribution is 2.28. The zero-order valence-electron chi connectivity index (χ0n) is 14.0. The number of aromatic nitrogens is 3. The third kappa shape index (κ3) is 3.81.